The van der Waals surface area contributed by atoms with Gasteiger partial charge in [0.1, 0.15) is 12.9 Å². The molecule has 0 aliphatic rings. The van der Waals surface area contributed by atoms with Crippen LogP contribution in [0.1, 0.15) is 5.56 Å². The first kappa shape index (κ1) is 12.7. The molecule has 0 radical (unpaired) electrons. The van der Waals surface area contributed by atoms with E-state index >= 15 is 0 Å². The molecule has 16 heavy (non-hydrogen) atoms. The Morgan fingerprint density at radius 1 is 1.44 bits per heavy atom. The van der Waals surface area contributed by atoms with Crippen molar-refractivity contribution in [3.63, 3.8) is 0 Å². The number of nitrogens with two attached hydrogens (primary N) is 1. The van der Waals surface area contributed by atoms with Crippen molar-refractivity contribution >= 4 is 12.4 Å². The van der Waals surface area contributed by atoms with Crippen molar-refractivity contribution in [2.24, 2.45) is 5.73 Å². The van der Waals surface area contributed by atoms with Crippen LogP contribution < -0.4 is 15.8 Å². The maximum Gasteiger partial charge on any atom is 0.123 e. The Bertz CT molecular complexity index is 480. The SMILES string of the molecule is COc1cc(P(C)(C)=O)ccc1CC#CN. The van der Waals surface area contributed by atoms with Crippen LogP contribution in [-0.2, 0) is 11.0 Å². The van der Waals surface area contributed by atoms with E-state index in [9.17, 15) is 4.57 Å². The number of ether oxygens (including phenoxy) is 1. The fourth-order valence-electron chi connectivity index (χ4n) is 1.36. The zero-order valence-electron chi connectivity index (χ0n) is 9.78. The standard InChI is InChI=1S/C12H16NO2P/c1-15-12-9-11(16(2,3)14)7-6-10(12)5-4-8-13/h6-7,9H,5,13H2,1-3H3. The van der Waals surface area contributed by atoms with E-state index < -0.39 is 7.14 Å². The van der Waals surface area contributed by atoms with Gasteiger partial charge in [-0.2, -0.15) is 0 Å². The second kappa shape index (κ2) is 5.09. The first-order valence-electron chi connectivity index (χ1n) is 4.90. The van der Waals surface area contributed by atoms with Gasteiger partial charge >= 0.3 is 0 Å². The number of rotatable bonds is 3. The summed E-state index contributed by atoms with van der Waals surface area (Å²) in [6.07, 6.45) is 0.539. The molecule has 0 saturated heterocycles. The lowest BCUT2D eigenvalue weighted by molar-refractivity contribution is 0.411. The van der Waals surface area contributed by atoms with E-state index in [4.69, 9.17) is 10.5 Å². The van der Waals surface area contributed by atoms with Crippen molar-refractivity contribution in [1.29, 1.82) is 0 Å². The lowest BCUT2D eigenvalue weighted by Gasteiger charge is -2.11. The van der Waals surface area contributed by atoms with Crippen LogP contribution in [0.3, 0.4) is 0 Å². The van der Waals surface area contributed by atoms with Crippen LogP contribution in [0.2, 0.25) is 0 Å². The van der Waals surface area contributed by atoms with E-state index in [0.29, 0.717) is 12.2 Å². The lowest BCUT2D eigenvalue weighted by atomic mass is 10.1. The topological polar surface area (TPSA) is 52.3 Å². The Morgan fingerprint density at radius 3 is 2.62 bits per heavy atom. The van der Waals surface area contributed by atoms with Gasteiger partial charge in [0.15, 0.2) is 0 Å². The highest BCUT2D eigenvalue weighted by Gasteiger charge is 2.13. The van der Waals surface area contributed by atoms with Gasteiger partial charge in [-0.1, -0.05) is 18.1 Å². The third kappa shape index (κ3) is 3.05. The molecule has 0 amide bonds. The van der Waals surface area contributed by atoms with Crippen molar-refractivity contribution in [3.8, 4) is 17.7 Å². The van der Waals surface area contributed by atoms with Crippen molar-refractivity contribution in [1.82, 2.24) is 0 Å². The Hall–Kier alpha value is -1.39. The van der Waals surface area contributed by atoms with Gasteiger partial charge in [-0.3, -0.25) is 0 Å². The number of benzene rings is 1. The average molecular weight is 237 g/mol. The molecule has 0 bridgehead atoms. The molecule has 0 heterocycles. The molecule has 2 N–H and O–H groups in total. The molecule has 0 saturated carbocycles. The minimum atomic E-state index is -2.24. The zero-order chi connectivity index (χ0) is 12.2. The van der Waals surface area contributed by atoms with Crippen LogP contribution in [0.15, 0.2) is 18.2 Å². The highest BCUT2D eigenvalue weighted by Crippen LogP contribution is 2.36. The van der Waals surface area contributed by atoms with Gasteiger partial charge in [0.25, 0.3) is 0 Å². The number of methoxy groups -OCH3 is 1. The zero-order valence-corrected chi connectivity index (χ0v) is 10.7. The molecular formula is C12H16NO2P. The predicted molar refractivity (Wildman–Crippen MR) is 67.7 cm³/mol. The van der Waals surface area contributed by atoms with Crippen LogP contribution in [-0.4, -0.2) is 20.4 Å². The minimum absolute atomic E-state index is 0.539. The lowest BCUT2D eigenvalue weighted by Crippen LogP contribution is -2.05. The van der Waals surface area contributed by atoms with Crippen LogP contribution in [0.5, 0.6) is 5.75 Å². The molecule has 0 unspecified atom stereocenters. The minimum Gasteiger partial charge on any atom is -0.496 e. The maximum absolute atomic E-state index is 11.9. The highest BCUT2D eigenvalue weighted by atomic mass is 31.2. The van der Waals surface area contributed by atoms with Gasteiger partial charge < -0.3 is 15.0 Å². The van der Waals surface area contributed by atoms with Crippen molar-refractivity contribution in [2.75, 3.05) is 20.4 Å². The molecule has 0 spiro atoms. The number of hydrogen-bond donors (Lipinski definition) is 1. The summed E-state index contributed by atoms with van der Waals surface area (Å²) in [5.74, 6) is 3.49. The van der Waals surface area contributed by atoms with Crippen LogP contribution in [0.4, 0.5) is 0 Å². The van der Waals surface area contributed by atoms with E-state index in [-0.39, 0.29) is 0 Å². The first-order chi connectivity index (χ1) is 7.49. The molecule has 1 rings (SSSR count). The molecule has 1 aromatic carbocycles. The molecule has 0 aromatic heterocycles. The third-order valence-corrected chi connectivity index (χ3v) is 3.80. The van der Waals surface area contributed by atoms with E-state index in [0.717, 1.165) is 10.9 Å². The Morgan fingerprint density at radius 2 is 2.12 bits per heavy atom. The summed E-state index contributed by atoms with van der Waals surface area (Å²) in [7, 11) is -0.653. The third-order valence-electron chi connectivity index (χ3n) is 2.27. The molecule has 3 nitrogen and oxygen atoms in total. The molecule has 0 fully saturated rings. The molecule has 0 aliphatic carbocycles. The van der Waals surface area contributed by atoms with Gasteiger partial charge in [-0.25, -0.2) is 0 Å². The van der Waals surface area contributed by atoms with Crippen molar-refractivity contribution in [2.45, 2.75) is 6.42 Å². The van der Waals surface area contributed by atoms with Crippen molar-refractivity contribution in [3.05, 3.63) is 23.8 Å². The fraction of sp³-hybridized carbons (Fsp3) is 0.333. The summed E-state index contributed by atoms with van der Waals surface area (Å²) in [4.78, 5) is 0. The van der Waals surface area contributed by atoms with Crippen LogP contribution in [0, 0.1) is 12.0 Å². The highest BCUT2D eigenvalue weighted by molar-refractivity contribution is 7.70. The van der Waals surface area contributed by atoms with Gasteiger partial charge in [0.05, 0.1) is 7.11 Å². The quantitative estimate of drug-likeness (QED) is 0.491. The van der Waals surface area contributed by atoms with E-state index in [1.165, 1.54) is 0 Å². The van der Waals surface area contributed by atoms with E-state index in [2.05, 4.69) is 12.0 Å². The second-order valence-corrected chi connectivity index (χ2v) is 7.06. The molecule has 0 atom stereocenters. The summed E-state index contributed by atoms with van der Waals surface area (Å²) in [6, 6.07) is 7.91. The monoisotopic (exact) mass is 237 g/mol. The molecule has 0 aliphatic heterocycles. The van der Waals surface area contributed by atoms with Crippen LogP contribution >= 0.6 is 7.14 Å². The molecule has 86 valence electrons. The Labute approximate surface area is 96.4 Å². The molecular weight excluding hydrogens is 221 g/mol. The van der Waals surface area contributed by atoms with Crippen molar-refractivity contribution < 1.29 is 9.30 Å². The Kier molecular flexibility index (Phi) is 4.04. The van der Waals surface area contributed by atoms with Gasteiger partial charge in [-0.15, -0.1) is 0 Å². The van der Waals surface area contributed by atoms with Gasteiger partial charge in [0.2, 0.25) is 0 Å². The average Bonchev–Trinajstić information content (AvgIpc) is 2.24. The molecule has 4 heteroatoms. The predicted octanol–water partition coefficient (Wildman–Crippen LogP) is 1.41. The largest absolute Gasteiger partial charge is 0.496 e. The normalized spacial score (nSPS) is 10.4. The summed E-state index contributed by atoms with van der Waals surface area (Å²) in [5.41, 5.74) is 6.08. The number of hydrogen-bond acceptors (Lipinski definition) is 3. The second-order valence-electron chi connectivity index (χ2n) is 3.84. The maximum atomic E-state index is 11.9. The Balaban J connectivity index is 3.15. The fourth-order valence-corrected chi connectivity index (χ4v) is 2.22. The summed E-state index contributed by atoms with van der Waals surface area (Å²) < 4.78 is 17.2. The smallest absolute Gasteiger partial charge is 0.123 e. The van der Waals surface area contributed by atoms with Gasteiger partial charge in [0, 0.05) is 23.3 Å². The summed E-state index contributed by atoms with van der Waals surface area (Å²) in [6.45, 7) is 3.47. The summed E-state index contributed by atoms with van der Waals surface area (Å²) in [5, 5.41) is 0.814. The van der Waals surface area contributed by atoms with Gasteiger partial charge in [-0.05, 0) is 19.4 Å². The van der Waals surface area contributed by atoms with E-state index in [1.807, 2.05) is 18.2 Å². The first-order valence-corrected chi connectivity index (χ1v) is 7.50. The summed E-state index contributed by atoms with van der Waals surface area (Å²) >= 11 is 0. The van der Waals surface area contributed by atoms with E-state index in [1.54, 1.807) is 20.4 Å². The molecule has 1 aromatic rings. The van der Waals surface area contributed by atoms with Crippen LogP contribution in [0.25, 0.3) is 0 Å².